The number of nitrogens with zero attached hydrogens (tertiary/aromatic N) is 4. The lowest BCUT2D eigenvalue weighted by Gasteiger charge is -2.40. The molecule has 4 aromatic rings. The van der Waals surface area contributed by atoms with Crippen molar-refractivity contribution in [3.63, 3.8) is 0 Å². The lowest BCUT2D eigenvalue weighted by Crippen LogP contribution is -2.55. The molecule has 4 heterocycles. The van der Waals surface area contributed by atoms with E-state index in [-0.39, 0.29) is 32.0 Å². The first-order chi connectivity index (χ1) is 29.6. The minimum atomic E-state index is -1.83. The van der Waals surface area contributed by atoms with E-state index < -0.39 is 53.5 Å². The minimum Gasteiger partial charge on any atom is -0.437 e. The zero-order chi connectivity index (χ0) is 44.8. The third-order valence-corrected chi connectivity index (χ3v) is 11.6. The number of nitrogens with one attached hydrogen (secondary N) is 2. The Balaban J connectivity index is 0.000000209. The quantitative estimate of drug-likeness (QED) is 0.0899. The Morgan fingerprint density at radius 3 is 1.65 bits per heavy atom. The van der Waals surface area contributed by atoms with Gasteiger partial charge in [0.05, 0.1) is 0 Å². The summed E-state index contributed by atoms with van der Waals surface area (Å²) in [4.78, 5) is 22.7. The molecule has 7 N–H and O–H groups in total. The van der Waals surface area contributed by atoms with E-state index >= 15 is 4.39 Å². The van der Waals surface area contributed by atoms with Crippen molar-refractivity contribution in [3.8, 4) is 0 Å². The number of carbonyl (C=O) groups is 1. The fourth-order valence-electron chi connectivity index (χ4n) is 7.70. The van der Waals surface area contributed by atoms with E-state index in [1.54, 1.807) is 17.9 Å². The third kappa shape index (κ3) is 14.5. The fraction of sp³-hybridized carbons (Fsp3) is 0.455. The number of nitrogens with two attached hydrogens (primary N) is 2. The Kier molecular flexibility index (Phi) is 18.1. The first kappa shape index (κ1) is 48.4. The number of pyridine rings is 1. The molecule has 0 radical (unpaired) electrons. The highest BCUT2D eigenvalue weighted by Crippen LogP contribution is 2.31. The van der Waals surface area contributed by atoms with E-state index in [4.69, 9.17) is 11.5 Å². The van der Waals surface area contributed by atoms with Crippen molar-refractivity contribution >= 4 is 18.8 Å². The molecule has 336 valence electrons. The van der Waals surface area contributed by atoms with Crippen LogP contribution in [0.2, 0.25) is 6.82 Å². The molecule has 1 aromatic heterocycles. The molecule has 3 saturated heterocycles. The predicted molar refractivity (Wildman–Crippen MR) is 226 cm³/mol. The van der Waals surface area contributed by atoms with Gasteiger partial charge in [0.15, 0.2) is 5.67 Å². The van der Waals surface area contributed by atoms with E-state index in [0.717, 1.165) is 49.7 Å². The molecule has 0 spiro atoms. The van der Waals surface area contributed by atoms with Crippen LogP contribution in [0.1, 0.15) is 60.8 Å². The number of alkyl halides is 1. The second-order valence-corrected chi connectivity index (χ2v) is 16.0. The van der Waals surface area contributed by atoms with Crippen molar-refractivity contribution in [2.45, 2.75) is 89.3 Å². The van der Waals surface area contributed by atoms with Crippen LogP contribution in [-0.2, 0) is 31.0 Å². The highest BCUT2D eigenvalue weighted by Gasteiger charge is 2.44. The molecular formula is C44H56BF7N8O2. The van der Waals surface area contributed by atoms with Crippen molar-refractivity contribution in [1.29, 1.82) is 0 Å². The van der Waals surface area contributed by atoms with E-state index in [9.17, 15) is 36.2 Å². The summed E-state index contributed by atoms with van der Waals surface area (Å²) in [5.41, 5.74) is 11.3. The number of rotatable bonds is 11. The predicted octanol–water partition coefficient (Wildman–Crippen LogP) is 6.08. The highest BCUT2D eigenvalue weighted by atomic mass is 19.2. The summed E-state index contributed by atoms with van der Waals surface area (Å²) in [6, 6.07) is 14.7. The number of carbonyl (C=O) groups excluding carboxylic acids is 1. The van der Waals surface area contributed by atoms with Gasteiger partial charge in [-0.3, -0.25) is 9.69 Å². The van der Waals surface area contributed by atoms with Gasteiger partial charge in [0.25, 0.3) is 5.91 Å². The Labute approximate surface area is 359 Å². The summed E-state index contributed by atoms with van der Waals surface area (Å²) < 4.78 is 93.3. The molecule has 3 aromatic carbocycles. The number of hydrogen-bond donors (Lipinski definition) is 5. The number of halogens is 7. The van der Waals surface area contributed by atoms with Crippen molar-refractivity contribution in [2.75, 3.05) is 45.0 Å². The van der Waals surface area contributed by atoms with Gasteiger partial charge < -0.3 is 36.8 Å². The second-order valence-electron chi connectivity index (χ2n) is 16.0. The summed E-state index contributed by atoms with van der Waals surface area (Å²) in [5, 5.41) is 16.0. The van der Waals surface area contributed by atoms with Gasteiger partial charge in [0.1, 0.15) is 40.7 Å². The topological polar surface area (TPSA) is 136 Å². The Morgan fingerprint density at radius 2 is 1.21 bits per heavy atom. The average Bonchev–Trinajstić information content (AvgIpc) is 3.24. The van der Waals surface area contributed by atoms with Crippen LogP contribution in [-0.4, -0.2) is 94.6 Å². The SMILES string of the molecule is CB(O)N1CCC(NCc2ccc(F)cc2F)CC1.NCc1ccc(F)cc1F.Nc1cc(CN2CCC(F)(C(=O)N3CCC(NCc4ccc(F)cc4F)CC3)CC2)ccn1. The molecule has 3 aliphatic rings. The monoisotopic (exact) mass is 872 g/mol. The number of piperidine rings is 3. The summed E-state index contributed by atoms with van der Waals surface area (Å²) >= 11 is 0. The molecule has 0 atom stereocenters. The molecule has 62 heavy (non-hydrogen) atoms. The molecule has 0 aliphatic carbocycles. The Morgan fingerprint density at radius 1 is 0.742 bits per heavy atom. The van der Waals surface area contributed by atoms with Crippen LogP contribution in [0.25, 0.3) is 0 Å². The first-order valence-corrected chi connectivity index (χ1v) is 20.9. The van der Waals surface area contributed by atoms with E-state index in [1.807, 2.05) is 16.9 Å². The molecule has 0 bridgehead atoms. The molecule has 3 fully saturated rings. The fourth-order valence-corrected chi connectivity index (χ4v) is 7.70. The lowest BCUT2D eigenvalue weighted by molar-refractivity contribution is -0.148. The molecule has 10 nitrogen and oxygen atoms in total. The van der Waals surface area contributed by atoms with E-state index in [0.29, 0.717) is 80.7 Å². The average molecular weight is 873 g/mol. The van der Waals surface area contributed by atoms with Crippen LogP contribution in [0.3, 0.4) is 0 Å². The standard InChI is InChI=1S/C24H30F3N5O.C13H19BF2N2O.C7H7F2N/c25-19-2-1-18(21(26)14-19)15-30-20-4-9-32(10-5-20)23(33)24(27)6-11-31(12-7-24)16-17-3-8-29-22(28)13-17;1-14(19)18-6-4-12(5-7-18)17-9-10-2-3-11(15)8-13(10)16;8-6-2-1-5(4-10)7(9)3-6/h1-3,8,13-14,20,30H,4-7,9-12,15-16H2,(H2,28,29);2-3,8,12,17,19H,4-7,9H2,1H3;1-3H,4,10H2. The van der Waals surface area contributed by atoms with Gasteiger partial charge in [0.2, 0.25) is 0 Å². The number of amides is 1. The summed E-state index contributed by atoms with van der Waals surface area (Å²) in [5.74, 6) is -3.35. The van der Waals surface area contributed by atoms with Crippen LogP contribution in [0.4, 0.5) is 36.6 Å². The minimum absolute atomic E-state index is 0.101. The number of anilines is 1. The highest BCUT2D eigenvalue weighted by molar-refractivity contribution is 6.45. The Hall–Kier alpha value is -4.59. The van der Waals surface area contributed by atoms with E-state index in [2.05, 4.69) is 20.5 Å². The van der Waals surface area contributed by atoms with Gasteiger partial charge in [0, 0.05) is 118 Å². The van der Waals surface area contributed by atoms with Gasteiger partial charge in [-0.1, -0.05) is 18.2 Å². The smallest absolute Gasteiger partial charge is 0.376 e. The third-order valence-electron chi connectivity index (χ3n) is 11.6. The summed E-state index contributed by atoms with van der Waals surface area (Å²) in [6.07, 6.45) is 5.19. The zero-order valence-electron chi connectivity index (χ0n) is 34.9. The van der Waals surface area contributed by atoms with Crippen LogP contribution < -0.4 is 22.1 Å². The maximum absolute atomic E-state index is 15.5. The zero-order valence-corrected chi connectivity index (χ0v) is 34.9. The summed E-state index contributed by atoms with van der Waals surface area (Å²) in [6.45, 7) is 6.83. The number of aromatic nitrogens is 1. The van der Waals surface area contributed by atoms with Crippen molar-refractivity contribution in [3.05, 3.63) is 130 Å². The summed E-state index contributed by atoms with van der Waals surface area (Å²) in [7, 11) is -0.407. The van der Waals surface area contributed by atoms with Crippen LogP contribution in [0.15, 0.2) is 72.9 Å². The second kappa shape index (κ2) is 23.2. The maximum atomic E-state index is 15.5. The maximum Gasteiger partial charge on any atom is 0.376 e. The number of benzene rings is 3. The number of nitrogen functional groups attached to an aromatic ring is 1. The van der Waals surface area contributed by atoms with E-state index in [1.165, 1.54) is 36.4 Å². The van der Waals surface area contributed by atoms with Gasteiger partial charge in [-0.15, -0.1) is 0 Å². The van der Waals surface area contributed by atoms with Crippen LogP contribution >= 0.6 is 0 Å². The first-order valence-electron chi connectivity index (χ1n) is 20.9. The van der Waals surface area contributed by atoms with Crippen molar-refractivity contribution in [1.82, 2.24) is 30.2 Å². The van der Waals surface area contributed by atoms with Crippen LogP contribution in [0.5, 0.6) is 0 Å². The molecular weight excluding hydrogens is 816 g/mol. The normalized spacial score (nSPS) is 17.4. The molecule has 0 unspecified atom stereocenters. The molecule has 0 saturated carbocycles. The molecule has 18 heteroatoms. The van der Waals surface area contributed by atoms with Gasteiger partial charge in [-0.05, 0) is 81.5 Å². The number of hydrogen-bond acceptors (Lipinski definition) is 9. The van der Waals surface area contributed by atoms with Crippen molar-refractivity contribution < 1.29 is 40.6 Å². The van der Waals surface area contributed by atoms with Crippen molar-refractivity contribution in [2.24, 2.45) is 5.73 Å². The molecule has 1 amide bonds. The Bertz CT molecular complexity index is 2050. The lowest BCUT2D eigenvalue weighted by atomic mass is 9.82. The molecule has 3 aliphatic heterocycles. The van der Waals surface area contributed by atoms with Crippen LogP contribution in [0, 0.1) is 34.9 Å². The van der Waals surface area contributed by atoms with Gasteiger partial charge in [-0.25, -0.2) is 35.7 Å². The number of likely N-dealkylation sites (tertiary alicyclic amines) is 2. The van der Waals surface area contributed by atoms with Gasteiger partial charge in [-0.2, -0.15) is 0 Å². The molecule has 7 rings (SSSR count). The largest absolute Gasteiger partial charge is 0.437 e. The van der Waals surface area contributed by atoms with Gasteiger partial charge >= 0.3 is 7.05 Å².